The number of aryl methyl sites for hydroxylation is 1. The van der Waals surface area contributed by atoms with E-state index in [2.05, 4.69) is 17.2 Å². The molecule has 2 atom stereocenters. The molecule has 1 aromatic heterocycles. The summed E-state index contributed by atoms with van der Waals surface area (Å²) in [6, 6.07) is 11.9. The molecule has 0 saturated heterocycles. The summed E-state index contributed by atoms with van der Waals surface area (Å²) in [5, 5.41) is 13.2. The molecule has 2 aromatic rings. The molecule has 21 heavy (non-hydrogen) atoms. The maximum absolute atomic E-state index is 9.96. The molecule has 112 valence electrons. The minimum Gasteiger partial charge on any atom is -0.491 e. The zero-order chi connectivity index (χ0) is 15.1. The van der Waals surface area contributed by atoms with E-state index in [1.807, 2.05) is 43.3 Å². The highest BCUT2D eigenvalue weighted by atomic mass is 16.5. The molecule has 2 N–H and O–H groups in total. The number of hydrogen-bond donors (Lipinski definition) is 2. The fourth-order valence-corrected chi connectivity index (χ4v) is 1.97. The lowest BCUT2D eigenvalue weighted by molar-refractivity contribution is 0.104. The Hall–Kier alpha value is -1.91. The third-order valence-corrected chi connectivity index (χ3v) is 3.33. The van der Waals surface area contributed by atoms with E-state index >= 15 is 0 Å². The van der Waals surface area contributed by atoms with E-state index in [-0.39, 0.29) is 12.6 Å². The Morgan fingerprint density at radius 1 is 1.14 bits per heavy atom. The van der Waals surface area contributed by atoms with Gasteiger partial charge in [0.2, 0.25) is 0 Å². The predicted octanol–water partition coefficient (Wildman–Crippen LogP) is 2.48. The monoisotopic (exact) mass is 286 g/mol. The normalized spacial score (nSPS) is 13.7. The van der Waals surface area contributed by atoms with E-state index in [4.69, 9.17) is 4.74 Å². The van der Waals surface area contributed by atoms with Gasteiger partial charge in [0, 0.05) is 25.0 Å². The fraction of sp³-hybridized carbons (Fsp3) is 0.353. The Kier molecular flexibility index (Phi) is 5.72. The standard InChI is InChI=1S/C17H22N2O2/c1-13-3-5-17(6-4-13)21-12-16(20)11-19-14(2)15-7-9-18-10-8-15/h3-10,14,16,19-20H,11-12H2,1-2H3/t14-,16?/m0/s1. The second kappa shape index (κ2) is 7.76. The van der Waals surface area contributed by atoms with Crippen LogP contribution in [0, 0.1) is 6.92 Å². The van der Waals surface area contributed by atoms with Gasteiger partial charge in [-0.15, -0.1) is 0 Å². The molecule has 0 radical (unpaired) electrons. The van der Waals surface area contributed by atoms with E-state index in [9.17, 15) is 5.11 Å². The summed E-state index contributed by atoms with van der Waals surface area (Å²) < 4.78 is 5.56. The first-order valence-electron chi connectivity index (χ1n) is 7.16. The molecule has 0 aliphatic carbocycles. The van der Waals surface area contributed by atoms with Crippen LogP contribution in [0.25, 0.3) is 0 Å². The van der Waals surface area contributed by atoms with Crippen molar-refractivity contribution in [3.63, 3.8) is 0 Å². The van der Waals surface area contributed by atoms with Crippen molar-refractivity contribution in [2.24, 2.45) is 0 Å². The van der Waals surface area contributed by atoms with Crippen LogP contribution in [-0.4, -0.2) is 29.3 Å². The van der Waals surface area contributed by atoms with Crippen LogP contribution < -0.4 is 10.1 Å². The maximum atomic E-state index is 9.96. The third kappa shape index (κ3) is 5.17. The molecular formula is C17H22N2O2. The van der Waals surface area contributed by atoms with Crippen molar-refractivity contribution in [3.05, 3.63) is 59.9 Å². The van der Waals surface area contributed by atoms with Gasteiger partial charge in [-0.2, -0.15) is 0 Å². The molecule has 0 spiro atoms. The first kappa shape index (κ1) is 15.5. The summed E-state index contributed by atoms with van der Waals surface area (Å²) in [5.74, 6) is 0.779. The molecule has 1 unspecified atom stereocenters. The highest BCUT2D eigenvalue weighted by Crippen LogP contribution is 2.12. The first-order chi connectivity index (χ1) is 10.1. The Morgan fingerprint density at radius 2 is 1.81 bits per heavy atom. The van der Waals surface area contributed by atoms with Gasteiger partial charge in [-0.05, 0) is 43.7 Å². The van der Waals surface area contributed by atoms with Gasteiger partial charge < -0.3 is 15.2 Å². The molecule has 0 fully saturated rings. The van der Waals surface area contributed by atoms with Gasteiger partial charge in [0.25, 0.3) is 0 Å². The summed E-state index contributed by atoms with van der Waals surface area (Å²) in [7, 11) is 0. The van der Waals surface area contributed by atoms with Crippen LogP contribution in [-0.2, 0) is 0 Å². The summed E-state index contributed by atoms with van der Waals surface area (Å²) in [5.41, 5.74) is 2.34. The summed E-state index contributed by atoms with van der Waals surface area (Å²) in [6.07, 6.45) is 2.99. The van der Waals surface area contributed by atoms with Crippen LogP contribution in [0.4, 0.5) is 0 Å². The van der Waals surface area contributed by atoms with E-state index in [1.54, 1.807) is 12.4 Å². The number of ether oxygens (including phenoxy) is 1. The zero-order valence-electron chi connectivity index (χ0n) is 12.5. The van der Waals surface area contributed by atoms with Crippen LogP contribution in [0.2, 0.25) is 0 Å². The number of aliphatic hydroxyl groups is 1. The van der Waals surface area contributed by atoms with Gasteiger partial charge in [-0.3, -0.25) is 4.98 Å². The van der Waals surface area contributed by atoms with Gasteiger partial charge in [0.05, 0.1) is 0 Å². The molecule has 0 aliphatic heterocycles. The molecule has 2 rings (SSSR count). The lowest BCUT2D eigenvalue weighted by Gasteiger charge is -2.18. The Labute approximate surface area is 125 Å². The molecule has 1 aromatic carbocycles. The topological polar surface area (TPSA) is 54.4 Å². The number of pyridine rings is 1. The Balaban J connectivity index is 1.72. The van der Waals surface area contributed by atoms with Crippen molar-refractivity contribution in [3.8, 4) is 5.75 Å². The fourth-order valence-electron chi connectivity index (χ4n) is 1.97. The number of rotatable bonds is 7. The molecule has 0 amide bonds. The molecule has 4 nitrogen and oxygen atoms in total. The van der Waals surface area contributed by atoms with Crippen LogP contribution in [0.1, 0.15) is 24.1 Å². The average molecular weight is 286 g/mol. The van der Waals surface area contributed by atoms with Crippen LogP contribution in [0.15, 0.2) is 48.8 Å². The van der Waals surface area contributed by atoms with Crippen LogP contribution >= 0.6 is 0 Å². The lowest BCUT2D eigenvalue weighted by atomic mass is 10.1. The predicted molar refractivity (Wildman–Crippen MR) is 83.3 cm³/mol. The number of aliphatic hydroxyl groups excluding tert-OH is 1. The van der Waals surface area contributed by atoms with Crippen molar-refractivity contribution in [2.45, 2.75) is 26.0 Å². The second-order valence-electron chi connectivity index (χ2n) is 5.19. The number of nitrogens with one attached hydrogen (secondary N) is 1. The van der Waals surface area contributed by atoms with Gasteiger partial charge in [0.1, 0.15) is 18.5 Å². The van der Waals surface area contributed by atoms with E-state index < -0.39 is 6.10 Å². The van der Waals surface area contributed by atoms with Crippen molar-refractivity contribution in [1.29, 1.82) is 0 Å². The van der Waals surface area contributed by atoms with Crippen molar-refractivity contribution in [2.75, 3.05) is 13.2 Å². The molecule has 4 heteroatoms. The van der Waals surface area contributed by atoms with Gasteiger partial charge in [-0.25, -0.2) is 0 Å². The SMILES string of the molecule is Cc1ccc(OCC(O)CN[C@@H](C)c2ccncc2)cc1. The number of benzene rings is 1. The van der Waals surface area contributed by atoms with E-state index in [0.29, 0.717) is 6.54 Å². The number of hydrogen-bond acceptors (Lipinski definition) is 4. The largest absolute Gasteiger partial charge is 0.491 e. The number of aromatic nitrogens is 1. The highest BCUT2D eigenvalue weighted by Gasteiger charge is 2.09. The molecule has 1 heterocycles. The minimum atomic E-state index is -0.546. The summed E-state index contributed by atoms with van der Waals surface area (Å²) in [4.78, 5) is 4.00. The molecular weight excluding hydrogens is 264 g/mol. The minimum absolute atomic E-state index is 0.169. The second-order valence-corrected chi connectivity index (χ2v) is 5.19. The quantitative estimate of drug-likeness (QED) is 0.821. The van der Waals surface area contributed by atoms with Gasteiger partial charge in [-0.1, -0.05) is 17.7 Å². The average Bonchev–Trinajstić information content (AvgIpc) is 2.53. The maximum Gasteiger partial charge on any atom is 0.119 e. The highest BCUT2D eigenvalue weighted by molar-refractivity contribution is 5.26. The van der Waals surface area contributed by atoms with Crippen LogP contribution in [0.5, 0.6) is 5.75 Å². The van der Waals surface area contributed by atoms with E-state index in [0.717, 1.165) is 11.3 Å². The lowest BCUT2D eigenvalue weighted by Crippen LogP contribution is -2.33. The first-order valence-corrected chi connectivity index (χ1v) is 7.16. The third-order valence-electron chi connectivity index (χ3n) is 3.33. The van der Waals surface area contributed by atoms with Crippen molar-refractivity contribution < 1.29 is 9.84 Å². The summed E-state index contributed by atoms with van der Waals surface area (Å²) >= 11 is 0. The molecule has 0 saturated carbocycles. The molecule has 0 bridgehead atoms. The van der Waals surface area contributed by atoms with Gasteiger partial charge >= 0.3 is 0 Å². The van der Waals surface area contributed by atoms with Crippen LogP contribution in [0.3, 0.4) is 0 Å². The Morgan fingerprint density at radius 3 is 2.48 bits per heavy atom. The molecule has 0 aliphatic rings. The Bertz CT molecular complexity index is 528. The van der Waals surface area contributed by atoms with E-state index in [1.165, 1.54) is 5.56 Å². The van der Waals surface area contributed by atoms with Gasteiger partial charge in [0.15, 0.2) is 0 Å². The van der Waals surface area contributed by atoms with Crippen molar-refractivity contribution >= 4 is 0 Å². The summed E-state index contributed by atoms with van der Waals surface area (Å²) in [6.45, 7) is 4.85. The zero-order valence-corrected chi connectivity index (χ0v) is 12.5. The smallest absolute Gasteiger partial charge is 0.119 e. The number of nitrogens with zero attached hydrogens (tertiary/aromatic N) is 1. The van der Waals surface area contributed by atoms with Crippen molar-refractivity contribution in [1.82, 2.24) is 10.3 Å².